The number of aldehydes is 1. The Morgan fingerprint density at radius 1 is 1.44 bits per heavy atom. The predicted molar refractivity (Wildman–Crippen MR) is 64.6 cm³/mol. The molecule has 0 saturated carbocycles. The highest BCUT2D eigenvalue weighted by Gasteiger charge is 2.09. The lowest BCUT2D eigenvalue weighted by Gasteiger charge is -2.10. The molecule has 1 aromatic heterocycles. The van der Waals surface area contributed by atoms with Gasteiger partial charge in [-0.1, -0.05) is 6.07 Å². The number of benzene rings is 1. The van der Waals surface area contributed by atoms with E-state index in [9.17, 15) is 4.79 Å². The Kier molecular flexibility index (Phi) is 2.77. The van der Waals surface area contributed by atoms with Gasteiger partial charge in [-0.25, -0.2) is 4.98 Å². The zero-order valence-corrected chi connectivity index (χ0v) is 9.90. The molecule has 0 unspecified atom stereocenters. The van der Waals surface area contributed by atoms with E-state index in [1.165, 1.54) is 0 Å². The molecule has 0 aliphatic heterocycles. The van der Waals surface area contributed by atoms with Gasteiger partial charge in [0.15, 0.2) is 0 Å². The summed E-state index contributed by atoms with van der Waals surface area (Å²) in [5, 5.41) is 0. The van der Waals surface area contributed by atoms with Gasteiger partial charge in [0.05, 0.1) is 11.0 Å². The second kappa shape index (κ2) is 4.08. The summed E-state index contributed by atoms with van der Waals surface area (Å²) in [5.41, 5.74) is 3.14. The van der Waals surface area contributed by atoms with Crippen molar-refractivity contribution in [2.24, 2.45) is 0 Å². The van der Waals surface area contributed by atoms with Crippen molar-refractivity contribution in [2.45, 2.75) is 33.2 Å². The first kappa shape index (κ1) is 10.9. The summed E-state index contributed by atoms with van der Waals surface area (Å²) in [5.74, 6) is 1.02. The van der Waals surface area contributed by atoms with E-state index in [2.05, 4.69) is 23.4 Å². The van der Waals surface area contributed by atoms with E-state index in [-0.39, 0.29) is 0 Å². The van der Waals surface area contributed by atoms with Gasteiger partial charge in [0.2, 0.25) is 0 Å². The molecule has 0 fully saturated rings. The van der Waals surface area contributed by atoms with Gasteiger partial charge in [0.1, 0.15) is 12.1 Å². The van der Waals surface area contributed by atoms with E-state index >= 15 is 0 Å². The number of carbonyl (C=O) groups is 1. The van der Waals surface area contributed by atoms with Crippen LogP contribution in [-0.2, 0) is 11.2 Å². The standard InChI is InChI=1S/C13H16N2O/c1-9(2)15-10(3)14-12-8-11(6-7-16)4-5-13(12)15/h4-5,7-9H,6H2,1-3H3. The van der Waals surface area contributed by atoms with Crippen LogP contribution < -0.4 is 0 Å². The lowest BCUT2D eigenvalue weighted by molar-refractivity contribution is -0.107. The van der Waals surface area contributed by atoms with E-state index in [1.54, 1.807) is 0 Å². The van der Waals surface area contributed by atoms with Crippen molar-refractivity contribution in [1.29, 1.82) is 0 Å². The third-order valence-corrected chi connectivity index (χ3v) is 2.77. The van der Waals surface area contributed by atoms with Crippen molar-refractivity contribution in [3.63, 3.8) is 0 Å². The van der Waals surface area contributed by atoms with Gasteiger partial charge in [0, 0.05) is 12.5 Å². The minimum Gasteiger partial charge on any atom is -0.326 e. The van der Waals surface area contributed by atoms with E-state index < -0.39 is 0 Å². The average molecular weight is 216 g/mol. The van der Waals surface area contributed by atoms with Gasteiger partial charge in [-0.3, -0.25) is 0 Å². The second-order valence-electron chi connectivity index (χ2n) is 4.32. The molecular weight excluding hydrogens is 200 g/mol. The van der Waals surface area contributed by atoms with Crippen molar-refractivity contribution in [2.75, 3.05) is 0 Å². The third-order valence-electron chi connectivity index (χ3n) is 2.77. The van der Waals surface area contributed by atoms with Gasteiger partial charge in [-0.15, -0.1) is 0 Å². The lowest BCUT2D eigenvalue weighted by atomic mass is 10.1. The summed E-state index contributed by atoms with van der Waals surface area (Å²) in [7, 11) is 0. The number of hydrogen-bond donors (Lipinski definition) is 0. The molecule has 0 N–H and O–H groups in total. The molecule has 3 nitrogen and oxygen atoms in total. The number of aromatic nitrogens is 2. The molecule has 0 aliphatic carbocycles. The van der Waals surface area contributed by atoms with Gasteiger partial charge in [0.25, 0.3) is 0 Å². The number of fused-ring (bicyclic) bond motifs is 1. The first-order chi connectivity index (χ1) is 7.63. The lowest BCUT2D eigenvalue weighted by Crippen LogP contribution is -2.02. The fraction of sp³-hybridized carbons (Fsp3) is 0.385. The number of nitrogens with zero attached hydrogens (tertiary/aromatic N) is 2. The largest absolute Gasteiger partial charge is 0.326 e. The van der Waals surface area contributed by atoms with Crippen LogP contribution in [0.2, 0.25) is 0 Å². The Hall–Kier alpha value is -1.64. The molecule has 3 heteroatoms. The quantitative estimate of drug-likeness (QED) is 0.739. The SMILES string of the molecule is Cc1nc2cc(CC=O)ccc2n1C(C)C. The van der Waals surface area contributed by atoms with Crippen molar-refractivity contribution in [3.8, 4) is 0 Å². The number of imidazole rings is 1. The van der Waals surface area contributed by atoms with Crippen LogP contribution in [0.4, 0.5) is 0 Å². The van der Waals surface area contributed by atoms with Crippen LogP contribution in [0.5, 0.6) is 0 Å². The highest BCUT2D eigenvalue weighted by atomic mass is 16.1. The summed E-state index contributed by atoms with van der Waals surface area (Å²) in [6.07, 6.45) is 1.39. The van der Waals surface area contributed by atoms with E-state index in [0.29, 0.717) is 12.5 Å². The number of hydrogen-bond acceptors (Lipinski definition) is 2. The molecule has 0 atom stereocenters. The molecular formula is C13H16N2O. The normalized spacial score (nSPS) is 11.2. The number of rotatable bonds is 3. The topological polar surface area (TPSA) is 34.9 Å². The summed E-state index contributed by atoms with van der Waals surface area (Å²) in [6, 6.07) is 6.45. The molecule has 0 radical (unpaired) electrons. The van der Waals surface area contributed by atoms with Crippen molar-refractivity contribution >= 4 is 17.3 Å². The summed E-state index contributed by atoms with van der Waals surface area (Å²) in [4.78, 5) is 15.0. The van der Waals surface area contributed by atoms with Crippen molar-refractivity contribution < 1.29 is 4.79 Å². The Labute approximate surface area is 95.1 Å². The minimum atomic E-state index is 0.405. The van der Waals surface area contributed by atoms with Crippen LogP contribution >= 0.6 is 0 Å². The fourth-order valence-electron chi connectivity index (χ4n) is 2.14. The highest BCUT2D eigenvalue weighted by Crippen LogP contribution is 2.21. The monoisotopic (exact) mass is 216 g/mol. The molecule has 2 aromatic rings. The van der Waals surface area contributed by atoms with Gasteiger partial charge in [-0.05, 0) is 38.5 Å². The van der Waals surface area contributed by atoms with Crippen LogP contribution in [0.3, 0.4) is 0 Å². The number of aryl methyl sites for hydroxylation is 1. The van der Waals surface area contributed by atoms with Gasteiger partial charge in [-0.2, -0.15) is 0 Å². The molecule has 16 heavy (non-hydrogen) atoms. The molecule has 0 spiro atoms. The van der Waals surface area contributed by atoms with Gasteiger partial charge >= 0.3 is 0 Å². The summed E-state index contributed by atoms with van der Waals surface area (Å²) >= 11 is 0. The fourth-order valence-corrected chi connectivity index (χ4v) is 2.14. The van der Waals surface area contributed by atoms with E-state index in [0.717, 1.165) is 28.7 Å². The first-order valence-electron chi connectivity index (χ1n) is 5.54. The third kappa shape index (κ3) is 1.73. The van der Waals surface area contributed by atoms with E-state index in [1.807, 2.05) is 25.1 Å². The maximum Gasteiger partial charge on any atom is 0.124 e. The average Bonchev–Trinajstić information content (AvgIpc) is 2.53. The predicted octanol–water partition coefficient (Wildman–Crippen LogP) is 2.67. The van der Waals surface area contributed by atoms with Crippen LogP contribution in [0, 0.1) is 6.92 Å². The zero-order valence-electron chi connectivity index (χ0n) is 9.90. The molecule has 84 valence electrons. The molecule has 1 aromatic carbocycles. The van der Waals surface area contributed by atoms with Gasteiger partial charge < -0.3 is 9.36 Å². The summed E-state index contributed by atoms with van der Waals surface area (Å²) in [6.45, 7) is 6.31. The number of carbonyl (C=O) groups excluding carboxylic acids is 1. The molecule has 2 rings (SSSR count). The van der Waals surface area contributed by atoms with Crippen LogP contribution in [0.25, 0.3) is 11.0 Å². The van der Waals surface area contributed by atoms with Crippen molar-refractivity contribution in [1.82, 2.24) is 9.55 Å². The van der Waals surface area contributed by atoms with E-state index in [4.69, 9.17) is 0 Å². The second-order valence-corrected chi connectivity index (χ2v) is 4.32. The smallest absolute Gasteiger partial charge is 0.124 e. The van der Waals surface area contributed by atoms with Crippen LogP contribution in [-0.4, -0.2) is 15.8 Å². The minimum absolute atomic E-state index is 0.405. The maximum absolute atomic E-state index is 10.5. The molecule has 0 amide bonds. The maximum atomic E-state index is 10.5. The molecule has 0 aliphatic rings. The Bertz CT molecular complexity index is 526. The molecule has 1 heterocycles. The Morgan fingerprint density at radius 3 is 2.81 bits per heavy atom. The van der Waals surface area contributed by atoms with Crippen LogP contribution in [0.1, 0.15) is 31.3 Å². The Morgan fingerprint density at radius 2 is 2.19 bits per heavy atom. The van der Waals surface area contributed by atoms with Crippen molar-refractivity contribution in [3.05, 3.63) is 29.6 Å². The molecule has 0 bridgehead atoms. The first-order valence-corrected chi connectivity index (χ1v) is 5.54. The zero-order chi connectivity index (χ0) is 11.7. The Balaban J connectivity index is 2.60. The summed E-state index contributed by atoms with van der Waals surface area (Å²) < 4.78 is 2.21. The highest BCUT2D eigenvalue weighted by molar-refractivity contribution is 5.77. The molecule has 0 saturated heterocycles. The van der Waals surface area contributed by atoms with Crippen LogP contribution in [0.15, 0.2) is 18.2 Å².